The summed E-state index contributed by atoms with van der Waals surface area (Å²) in [6.07, 6.45) is 1.50. The lowest BCUT2D eigenvalue weighted by molar-refractivity contribution is -0.116. The average molecular weight is 248 g/mol. The summed E-state index contributed by atoms with van der Waals surface area (Å²) in [7, 11) is 0. The number of aromatic nitrogens is 1. The molecule has 0 saturated carbocycles. The monoisotopic (exact) mass is 247 g/mol. The molecule has 1 aromatic rings. The van der Waals surface area contributed by atoms with Gasteiger partial charge in [0.25, 0.3) is 0 Å². The Bertz CT molecular complexity index is 321. The Morgan fingerprint density at radius 1 is 1.67 bits per heavy atom. The van der Waals surface area contributed by atoms with Crippen molar-refractivity contribution < 1.29 is 9.59 Å². The second-order valence-corrected chi connectivity index (χ2v) is 4.68. The molecule has 0 saturated heterocycles. The van der Waals surface area contributed by atoms with E-state index in [1.807, 2.05) is 0 Å². The molecule has 0 atom stereocenters. The van der Waals surface area contributed by atoms with E-state index < -0.39 is 0 Å². The fraction of sp³-hybridized carbons (Fsp3) is 0.286. The quantitative estimate of drug-likeness (QED) is 0.607. The number of carbonyl (C=O) groups is 2. The first kappa shape index (κ1) is 9.54. The van der Waals surface area contributed by atoms with Crippen molar-refractivity contribution in [3.8, 4) is 0 Å². The molecule has 64 valence electrons. The standard InChI is InChI=1S/C7H6BrNO2S/c1-4(10)2-5(11)7-9-3-6(8)12-7/h3H,2H2,1H3. The van der Waals surface area contributed by atoms with Gasteiger partial charge in [-0.15, -0.1) is 11.3 Å². The van der Waals surface area contributed by atoms with Crippen LogP contribution >= 0.6 is 27.3 Å². The molecule has 0 aliphatic carbocycles. The molecule has 0 bridgehead atoms. The highest BCUT2D eigenvalue weighted by Crippen LogP contribution is 2.19. The number of hydrogen-bond acceptors (Lipinski definition) is 4. The Hall–Kier alpha value is -0.550. The lowest BCUT2D eigenvalue weighted by atomic mass is 10.2. The van der Waals surface area contributed by atoms with Gasteiger partial charge >= 0.3 is 0 Å². The normalized spacial score (nSPS) is 9.83. The van der Waals surface area contributed by atoms with Gasteiger partial charge in [-0.1, -0.05) is 0 Å². The molecule has 0 amide bonds. The van der Waals surface area contributed by atoms with Crippen molar-refractivity contribution in [2.45, 2.75) is 13.3 Å². The molecule has 0 N–H and O–H groups in total. The minimum Gasteiger partial charge on any atom is -0.300 e. The largest absolute Gasteiger partial charge is 0.300 e. The smallest absolute Gasteiger partial charge is 0.198 e. The van der Waals surface area contributed by atoms with Crippen molar-refractivity contribution in [2.75, 3.05) is 0 Å². The van der Waals surface area contributed by atoms with Gasteiger partial charge < -0.3 is 0 Å². The van der Waals surface area contributed by atoms with Gasteiger partial charge in [0.2, 0.25) is 0 Å². The molecule has 0 unspecified atom stereocenters. The highest BCUT2D eigenvalue weighted by Gasteiger charge is 2.11. The molecular weight excluding hydrogens is 242 g/mol. The van der Waals surface area contributed by atoms with Crippen LogP contribution in [0, 0.1) is 0 Å². The first-order valence-electron chi connectivity index (χ1n) is 3.23. The number of carbonyl (C=O) groups excluding carboxylic acids is 2. The Labute approximate surface area is 81.9 Å². The maximum atomic E-state index is 11.2. The third-order valence-electron chi connectivity index (χ3n) is 1.13. The zero-order chi connectivity index (χ0) is 9.14. The summed E-state index contributed by atoms with van der Waals surface area (Å²) < 4.78 is 0.800. The molecule has 0 aliphatic heterocycles. The molecule has 0 aliphatic rings. The fourth-order valence-electron chi connectivity index (χ4n) is 0.685. The molecule has 0 spiro atoms. The minimum absolute atomic E-state index is 0.0556. The minimum atomic E-state index is -0.210. The van der Waals surface area contributed by atoms with E-state index in [1.54, 1.807) is 6.20 Å². The lowest BCUT2D eigenvalue weighted by Crippen LogP contribution is -2.03. The number of nitrogens with zero attached hydrogens (tertiary/aromatic N) is 1. The summed E-state index contributed by atoms with van der Waals surface area (Å²) in [5.41, 5.74) is 0. The number of halogens is 1. The maximum Gasteiger partial charge on any atom is 0.198 e. The van der Waals surface area contributed by atoms with Crippen molar-refractivity contribution in [2.24, 2.45) is 0 Å². The van der Waals surface area contributed by atoms with Crippen molar-refractivity contribution >= 4 is 38.8 Å². The Balaban J connectivity index is 2.72. The molecule has 5 heteroatoms. The molecule has 3 nitrogen and oxygen atoms in total. The average Bonchev–Trinajstić information content (AvgIpc) is 2.34. The fourth-order valence-corrected chi connectivity index (χ4v) is 1.83. The summed E-state index contributed by atoms with van der Waals surface area (Å²) in [5.74, 6) is -0.343. The SMILES string of the molecule is CC(=O)CC(=O)c1ncc(Br)s1. The van der Waals surface area contributed by atoms with Gasteiger partial charge in [0.15, 0.2) is 10.8 Å². The van der Waals surface area contributed by atoms with E-state index in [0.29, 0.717) is 5.01 Å². The summed E-state index contributed by atoms with van der Waals surface area (Å²) in [6.45, 7) is 1.39. The van der Waals surface area contributed by atoms with Crippen molar-refractivity contribution in [1.82, 2.24) is 4.98 Å². The number of Topliss-reactive ketones (excluding diaryl/α,β-unsaturated/α-hetero) is 2. The van der Waals surface area contributed by atoms with Crippen molar-refractivity contribution in [1.29, 1.82) is 0 Å². The zero-order valence-electron chi connectivity index (χ0n) is 6.33. The zero-order valence-corrected chi connectivity index (χ0v) is 8.74. The molecule has 0 radical (unpaired) electrons. The van der Waals surface area contributed by atoms with Crippen LogP contribution in [0.4, 0.5) is 0 Å². The van der Waals surface area contributed by atoms with Crippen molar-refractivity contribution in [3.05, 3.63) is 15.0 Å². The highest BCUT2D eigenvalue weighted by atomic mass is 79.9. The topological polar surface area (TPSA) is 47.0 Å². The van der Waals surface area contributed by atoms with Crippen LogP contribution in [0.15, 0.2) is 9.98 Å². The summed E-state index contributed by atoms with van der Waals surface area (Å²) in [6, 6.07) is 0. The Morgan fingerprint density at radius 2 is 2.33 bits per heavy atom. The van der Waals surface area contributed by atoms with E-state index in [4.69, 9.17) is 0 Å². The van der Waals surface area contributed by atoms with E-state index in [-0.39, 0.29) is 18.0 Å². The molecule has 1 aromatic heterocycles. The van der Waals surface area contributed by atoms with Crippen LogP contribution in [-0.4, -0.2) is 16.6 Å². The van der Waals surface area contributed by atoms with Gasteiger partial charge in [0, 0.05) is 0 Å². The van der Waals surface area contributed by atoms with E-state index in [9.17, 15) is 9.59 Å². The molecule has 1 rings (SSSR count). The van der Waals surface area contributed by atoms with Crippen LogP contribution in [0.3, 0.4) is 0 Å². The lowest BCUT2D eigenvalue weighted by Gasteiger charge is -1.89. The van der Waals surface area contributed by atoms with Crippen LogP contribution < -0.4 is 0 Å². The van der Waals surface area contributed by atoms with Crippen molar-refractivity contribution in [3.63, 3.8) is 0 Å². The highest BCUT2D eigenvalue weighted by molar-refractivity contribution is 9.11. The van der Waals surface area contributed by atoms with Gasteiger partial charge in [-0.05, 0) is 22.9 Å². The van der Waals surface area contributed by atoms with E-state index in [0.717, 1.165) is 3.79 Å². The molecule has 12 heavy (non-hydrogen) atoms. The van der Waals surface area contributed by atoms with E-state index in [1.165, 1.54) is 18.3 Å². The van der Waals surface area contributed by atoms with Gasteiger partial charge in [-0.2, -0.15) is 0 Å². The number of rotatable bonds is 3. The Kier molecular flexibility index (Phi) is 3.11. The van der Waals surface area contributed by atoms with E-state index in [2.05, 4.69) is 20.9 Å². The predicted molar refractivity (Wildman–Crippen MR) is 49.4 cm³/mol. The van der Waals surface area contributed by atoms with Crippen LogP contribution in [0.1, 0.15) is 23.1 Å². The third-order valence-corrected chi connectivity index (χ3v) is 2.64. The molecule has 0 fully saturated rings. The number of hydrogen-bond donors (Lipinski definition) is 0. The second-order valence-electron chi connectivity index (χ2n) is 2.27. The van der Waals surface area contributed by atoms with Gasteiger partial charge in [-0.3, -0.25) is 9.59 Å². The second kappa shape index (κ2) is 3.91. The van der Waals surface area contributed by atoms with Gasteiger partial charge in [0.1, 0.15) is 5.78 Å². The first-order valence-corrected chi connectivity index (χ1v) is 4.84. The third kappa shape index (κ3) is 2.49. The molecular formula is C7H6BrNO2S. The summed E-state index contributed by atoms with van der Waals surface area (Å²) >= 11 is 4.43. The Morgan fingerprint density at radius 3 is 2.75 bits per heavy atom. The van der Waals surface area contributed by atoms with Crippen LogP contribution in [0.5, 0.6) is 0 Å². The van der Waals surface area contributed by atoms with Crippen LogP contribution in [-0.2, 0) is 4.79 Å². The van der Waals surface area contributed by atoms with Gasteiger partial charge in [0.05, 0.1) is 16.4 Å². The van der Waals surface area contributed by atoms with E-state index >= 15 is 0 Å². The summed E-state index contributed by atoms with van der Waals surface area (Å²) in [5, 5.41) is 0.386. The maximum absolute atomic E-state index is 11.2. The predicted octanol–water partition coefficient (Wildman–Crippen LogP) is 2.07. The molecule has 1 heterocycles. The van der Waals surface area contributed by atoms with Crippen LogP contribution in [0.25, 0.3) is 0 Å². The van der Waals surface area contributed by atoms with Crippen LogP contribution in [0.2, 0.25) is 0 Å². The first-order chi connectivity index (χ1) is 5.59. The number of ketones is 2. The number of thiazole rings is 1. The summed E-state index contributed by atoms with van der Waals surface area (Å²) in [4.78, 5) is 25.6. The molecule has 0 aromatic carbocycles. The van der Waals surface area contributed by atoms with Gasteiger partial charge in [-0.25, -0.2) is 4.98 Å².